The molecule has 0 aliphatic carbocycles. The highest BCUT2D eigenvalue weighted by Gasteiger charge is 2.43. The first-order chi connectivity index (χ1) is 19.4. The molecule has 11 nitrogen and oxygen atoms in total. The van der Waals surface area contributed by atoms with Crippen molar-refractivity contribution in [3.8, 4) is 17.1 Å². The maximum atomic E-state index is 12.3. The van der Waals surface area contributed by atoms with Gasteiger partial charge in [0.05, 0.1) is 35.0 Å². The van der Waals surface area contributed by atoms with Crippen LogP contribution in [0, 0.1) is 10.1 Å². The quantitative estimate of drug-likeness (QED) is 0.164. The van der Waals surface area contributed by atoms with Crippen molar-refractivity contribution >= 4 is 40.3 Å². The first-order valence-electron chi connectivity index (χ1n) is 12.2. The number of thiocarbonyl (C=S) groups is 1. The lowest BCUT2D eigenvalue weighted by Crippen LogP contribution is -2.29. The third kappa shape index (κ3) is 5.22. The number of rotatable bonds is 9. The Morgan fingerprint density at radius 3 is 2.67 bits per heavy atom. The number of hydrogen-bond donors (Lipinski definition) is 2. The van der Waals surface area contributed by atoms with Crippen LogP contribution in [-0.4, -0.2) is 41.8 Å². The third-order valence-corrected chi connectivity index (χ3v) is 6.71. The maximum Gasteiger partial charge on any atom is 0.280 e. The number of nitrogens with one attached hydrogen (secondary N) is 2. The van der Waals surface area contributed by atoms with Gasteiger partial charge in [-0.1, -0.05) is 18.2 Å². The second-order valence-electron chi connectivity index (χ2n) is 8.84. The average molecular weight is 560 g/mol. The predicted octanol–water partition coefficient (Wildman–Crippen LogP) is 5.02. The first-order valence-corrected chi connectivity index (χ1v) is 12.6. The Hall–Kier alpha value is -4.81. The predicted molar refractivity (Wildman–Crippen MR) is 152 cm³/mol. The molecule has 0 bridgehead atoms. The van der Waals surface area contributed by atoms with Crippen LogP contribution >= 0.6 is 12.2 Å². The number of ether oxygens (including phenoxy) is 2. The van der Waals surface area contributed by atoms with Gasteiger partial charge in [0.25, 0.3) is 5.69 Å². The van der Waals surface area contributed by atoms with Crippen LogP contribution in [-0.2, 0) is 9.53 Å². The standard InChI is InChI=1S/C28H25N5O6S/c1-37-16-25(34)30-20-15-17(10-11-23(20)38-2)32-27(26(31-28(32)40)19-8-5-6-14-29-19)24-13-12-22(39-24)18-7-3-4-9-21(18)33(35)36/h3-15,26-27H,16H2,1-2H3,(H,30,34)(H,31,40)/t26-,27-/m1/s1. The van der Waals surface area contributed by atoms with E-state index in [4.69, 9.17) is 26.1 Å². The SMILES string of the molecule is COCC(=O)Nc1cc(N2C(=S)N[C@H](c3ccccn3)[C@H]2c2ccc(-c3ccccc3[N+](=O)[O-])o2)ccc1OC. The van der Waals surface area contributed by atoms with Gasteiger partial charge in [0.15, 0.2) is 5.11 Å². The van der Waals surface area contributed by atoms with Crippen LogP contribution in [0.4, 0.5) is 17.1 Å². The van der Waals surface area contributed by atoms with E-state index in [0.29, 0.717) is 39.3 Å². The molecule has 204 valence electrons. The van der Waals surface area contributed by atoms with Crippen molar-refractivity contribution in [3.05, 3.63) is 101 Å². The summed E-state index contributed by atoms with van der Waals surface area (Å²) < 4.78 is 16.7. The highest BCUT2D eigenvalue weighted by Crippen LogP contribution is 2.44. The van der Waals surface area contributed by atoms with Crippen molar-refractivity contribution in [2.24, 2.45) is 0 Å². The van der Waals surface area contributed by atoms with E-state index in [2.05, 4.69) is 15.6 Å². The summed E-state index contributed by atoms with van der Waals surface area (Å²) in [5.74, 6) is 0.975. The van der Waals surface area contributed by atoms with E-state index in [1.807, 2.05) is 29.2 Å². The summed E-state index contributed by atoms with van der Waals surface area (Å²) in [6, 6.07) is 19.8. The highest BCUT2D eigenvalue weighted by molar-refractivity contribution is 7.80. The molecule has 40 heavy (non-hydrogen) atoms. The van der Waals surface area contributed by atoms with Gasteiger partial charge in [-0.05, 0) is 60.7 Å². The van der Waals surface area contributed by atoms with Crippen molar-refractivity contribution in [1.29, 1.82) is 0 Å². The molecule has 3 heterocycles. The van der Waals surface area contributed by atoms with Gasteiger partial charge in [0.1, 0.15) is 29.9 Å². The van der Waals surface area contributed by atoms with Crippen LogP contribution < -0.4 is 20.3 Å². The monoisotopic (exact) mass is 559 g/mol. The molecule has 1 amide bonds. The Kier molecular flexibility index (Phi) is 7.71. The molecule has 2 atom stereocenters. The summed E-state index contributed by atoms with van der Waals surface area (Å²) in [5.41, 5.74) is 2.11. The van der Waals surface area contributed by atoms with Gasteiger partial charge in [-0.25, -0.2) is 0 Å². The topological polar surface area (TPSA) is 132 Å². The molecular formula is C28H25N5O6S. The Morgan fingerprint density at radius 1 is 1.15 bits per heavy atom. The Bertz CT molecular complexity index is 1560. The van der Waals surface area contributed by atoms with E-state index in [9.17, 15) is 14.9 Å². The molecule has 5 rings (SSSR count). The number of carbonyl (C=O) groups is 1. The number of hydrogen-bond acceptors (Lipinski definition) is 8. The van der Waals surface area contributed by atoms with Crippen LogP contribution in [0.5, 0.6) is 5.75 Å². The average Bonchev–Trinajstić information content (AvgIpc) is 3.58. The largest absolute Gasteiger partial charge is 0.495 e. The number of para-hydroxylation sites is 1. The minimum atomic E-state index is -0.519. The van der Waals surface area contributed by atoms with E-state index in [-0.39, 0.29) is 18.2 Å². The molecule has 0 unspecified atom stereocenters. The molecule has 1 aliphatic rings. The number of aromatic nitrogens is 1. The number of benzene rings is 2. The van der Waals surface area contributed by atoms with Crippen LogP contribution in [0.2, 0.25) is 0 Å². The normalized spacial score (nSPS) is 16.4. The van der Waals surface area contributed by atoms with E-state index in [1.54, 1.807) is 48.7 Å². The number of nitro groups is 1. The second kappa shape index (κ2) is 11.5. The lowest BCUT2D eigenvalue weighted by molar-refractivity contribution is -0.384. The minimum absolute atomic E-state index is 0.0619. The molecule has 2 aromatic heterocycles. The van der Waals surface area contributed by atoms with Gasteiger partial charge in [-0.15, -0.1) is 0 Å². The highest BCUT2D eigenvalue weighted by atomic mass is 32.1. The number of pyridine rings is 1. The van der Waals surface area contributed by atoms with Gasteiger partial charge in [0, 0.05) is 25.1 Å². The van der Waals surface area contributed by atoms with Crippen LogP contribution in [0.15, 0.2) is 83.4 Å². The summed E-state index contributed by atoms with van der Waals surface area (Å²) in [6.07, 6.45) is 1.69. The Balaban J connectivity index is 1.60. The molecule has 2 N–H and O–H groups in total. The molecule has 2 aromatic carbocycles. The van der Waals surface area contributed by atoms with E-state index < -0.39 is 17.0 Å². The van der Waals surface area contributed by atoms with E-state index >= 15 is 0 Å². The van der Waals surface area contributed by atoms with Gasteiger partial charge in [-0.3, -0.25) is 19.9 Å². The number of anilines is 2. The fourth-order valence-electron chi connectivity index (χ4n) is 4.68. The van der Waals surface area contributed by atoms with Gasteiger partial charge in [-0.2, -0.15) is 0 Å². The second-order valence-corrected chi connectivity index (χ2v) is 9.23. The molecule has 1 fully saturated rings. The van der Waals surface area contributed by atoms with Crippen LogP contribution in [0.3, 0.4) is 0 Å². The molecular weight excluding hydrogens is 534 g/mol. The van der Waals surface area contributed by atoms with Gasteiger partial charge >= 0.3 is 0 Å². The zero-order valence-corrected chi connectivity index (χ0v) is 22.4. The fraction of sp³-hybridized carbons (Fsp3) is 0.179. The van der Waals surface area contributed by atoms with Crippen molar-refractivity contribution in [3.63, 3.8) is 0 Å². The number of nitro benzene ring substituents is 1. The fourth-order valence-corrected chi connectivity index (χ4v) is 5.03. The molecule has 4 aromatic rings. The maximum absolute atomic E-state index is 12.3. The molecule has 0 radical (unpaired) electrons. The molecule has 1 saturated heterocycles. The summed E-state index contributed by atoms with van der Waals surface area (Å²) in [5, 5.41) is 18.2. The number of amides is 1. The number of methoxy groups -OCH3 is 2. The van der Waals surface area contributed by atoms with E-state index in [0.717, 1.165) is 5.69 Å². The zero-order chi connectivity index (χ0) is 28.2. The molecule has 0 spiro atoms. The first kappa shape index (κ1) is 26.8. The Morgan fingerprint density at radius 2 is 1.95 bits per heavy atom. The minimum Gasteiger partial charge on any atom is -0.495 e. The van der Waals surface area contributed by atoms with Gasteiger partial charge < -0.3 is 29.4 Å². The summed E-state index contributed by atoms with van der Waals surface area (Å²) >= 11 is 5.78. The summed E-state index contributed by atoms with van der Waals surface area (Å²) in [7, 11) is 2.95. The molecule has 0 saturated carbocycles. The zero-order valence-electron chi connectivity index (χ0n) is 21.6. The van der Waals surface area contributed by atoms with Crippen LogP contribution in [0.25, 0.3) is 11.3 Å². The number of nitrogens with zero attached hydrogens (tertiary/aromatic N) is 3. The Labute approximate surface area is 234 Å². The summed E-state index contributed by atoms with van der Waals surface area (Å²) in [4.78, 5) is 29.9. The number of furan rings is 1. The van der Waals surface area contributed by atoms with Crippen molar-refractivity contribution in [1.82, 2.24) is 10.3 Å². The lowest BCUT2D eigenvalue weighted by atomic mass is 10.0. The molecule has 1 aliphatic heterocycles. The number of carbonyl (C=O) groups excluding carboxylic acids is 1. The van der Waals surface area contributed by atoms with Gasteiger partial charge in [0.2, 0.25) is 5.91 Å². The van der Waals surface area contributed by atoms with Crippen molar-refractivity contribution in [2.45, 2.75) is 12.1 Å². The third-order valence-electron chi connectivity index (χ3n) is 6.39. The van der Waals surface area contributed by atoms with Crippen molar-refractivity contribution < 1.29 is 23.6 Å². The lowest BCUT2D eigenvalue weighted by Gasteiger charge is -2.27. The smallest absolute Gasteiger partial charge is 0.280 e. The van der Waals surface area contributed by atoms with Crippen molar-refractivity contribution in [2.75, 3.05) is 31.0 Å². The summed E-state index contributed by atoms with van der Waals surface area (Å²) in [6.45, 7) is -0.123. The molecule has 12 heteroatoms. The van der Waals surface area contributed by atoms with Crippen LogP contribution in [0.1, 0.15) is 23.5 Å². The van der Waals surface area contributed by atoms with E-state index in [1.165, 1.54) is 20.3 Å².